The summed E-state index contributed by atoms with van der Waals surface area (Å²) in [5.74, 6) is -1.31. The zero-order valence-corrected chi connectivity index (χ0v) is 10.5. The number of hydrogen-bond donors (Lipinski definition) is 2. The first-order chi connectivity index (χ1) is 9.08. The summed E-state index contributed by atoms with van der Waals surface area (Å²) >= 11 is 0. The molecular formula is C15H15F2NO. The maximum Gasteiger partial charge on any atom is 0.126 e. The normalized spacial score (nSPS) is 12.2. The van der Waals surface area contributed by atoms with E-state index in [0.717, 1.165) is 17.3 Å². The minimum Gasteiger partial charge on any atom is -0.394 e. The second kappa shape index (κ2) is 5.80. The monoisotopic (exact) mass is 263 g/mol. The molecule has 0 radical (unpaired) electrons. The van der Waals surface area contributed by atoms with Crippen LogP contribution < -0.4 is 5.32 Å². The second-order valence-corrected chi connectivity index (χ2v) is 4.45. The highest BCUT2D eigenvalue weighted by Crippen LogP contribution is 2.21. The van der Waals surface area contributed by atoms with Crippen LogP contribution in [0, 0.1) is 18.6 Å². The molecule has 2 nitrogen and oxygen atoms in total. The van der Waals surface area contributed by atoms with Crippen LogP contribution in [0.5, 0.6) is 0 Å². The van der Waals surface area contributed by atoms with Crippen LogP contribution in [0.1, 0.15) is 17.2 Å². The van der Waals surface area contributed by atoms with E-state index < -0.39 is 17.7 Å². The Kier molecular flexibility index (Phi) is 4.12. The third-order valence-corrected chi connectivity index (χ3v) is 2.86. The predicted octanol–water partition coefficient (Wildman–Crippen LogP) is 3.42. The molecule has 0 heterocycles. The molecular weight excluding hydrogens is 248 g/mol. The lowest BCUT2D eigenvalue weighted by molar-refractivity contribution is 0.276. The van der Waals surface area contributed by atoms with Gasteiger partial charge in [0.15, 0.2) is 0 Å². The maximum absolute atomic E-state index is 13.2. The maximum atomic E-state index is 13.2. The van der Waals surface area contributed by atoms with Gasteiger partial charge >= 0.3 is 0 Å². The van der Waals surface area contributed by atoms with Crippen molar-refractivity contribution in [3.05, 3.63) is 65.2 Å². The van der Waals surface area contributed by atoms with Gasteiger partial charge in [-0.3, -0.25) is 0 Å². The Morgan fingerprint density at radius 2 is 1.63 bits per heavy atom. The zero-order chi connectivity index (χ0) is 13.8. The van der Waals surface area contributed by atoms with Crippen molar-refractivity contribution in [1.82, 2.24) is 0 Å². The van der Waals surface area contributed by atoms with Crippen LogP contribution in [0.2, 0.25) is 0 Å². The van der Waals surface area contributed by atoms with Gasteiger partial charge in [-0.1, -0.05) is 17.7 Å². The summed E-state index contributed by atoms with van der Waals surface area (Å²) < 4.78 is 26.3. The molecule has 1 unspecified atom stereocenters. The number of benzene rings is 2. The van der Waals surface area contributed by atoms with E-state index in [0.29, 0.717) is 5.56 Å². The van der Waals surface area contributed by atoms with E-state index in [1.165, 1.54) is 12.1 Å². The van der Waals surface area contributed by atoms with Crippen molar-refractivity contribution >= 4 is 5.69 Å². The van der Waals surface area contributed by atoms with E-state index in [1.807, 2.05) is 31.2 Å². The smallest absolute Gasteiger partial charge is 0.126 e. The van der Waals surface area contributed by atoms with Crippen molar-refractivity contribution in [2.45, 2.75) is 13.0 Å². The predicted molar refractivity (Wildman–Crippen MR) is 71.0 cm³/mol. The van der Waals surface area contributed by atoms with Crippen LogP contribution in [0.3, 0.4) is 0 Å². The van der Waals surface area contributed by atoms with Crippen LogP contribution >= 0.6 is 0 Å². The van der Waals surface area contributed by atoms with Crippen molar-refractivity contribution in [2.24, 2.45) is 0 Å². The number of rotatable bonds is 4. The van der Waals surface area contributed by atoms with Crippen LogP contribution in [0.15, 0.2) is 42.5 Å². The molecule has 1 atom stereocenters. The van der Waals surface area contributed by atoms with Gasteiger partial charge in [-0.05, 0) is 36.8 Å². The molecule has 2 N–H and O–H groups in total. The standard InChI is InChI=1S/C15H15F2NO/c1-10-2-4-14(5-3-10)18-15(9-19)11-6-12(16)8-13(17)7-11/h2-8,15,18-19H,9H2,1H3. The Balaban J connectivity index is 2.22. The number of aryl methyl sites for hydroxylation is 1. The minimum absolute atomic E-state index is 0.253. The molecule has 0 bridgehead atoms. The molecule has 0 spiro atoms. The summed E-state index contributed by atoms with van der Waals surface area (Å²) in [6.07, 6.45) is 0. The SMILES string of the molecule is Cc1ccc(NC(CO)c2cc(F)cc(F)c2)cc1. The van der Waals surface area contributed by atoms with Crippen LogP contribution in [-0.2, 0) is 0 Å². The van der Waals surface area contributed by atoms with Gasteiger partial charge in [0.2, 0.25) is 0 Å². The van der Waals surface area contributed by atoms with E-state index in [4.69, 9.17) is 0 Å². The Morgan fingerprint density at radius 3 is 2.16 bits per heavy atom. The molecule has 2 aromatic carbocycles. The highest BCUT2D eigenvalue weighted by atomic mass is 19.1. The van der Waals surface area contributed by atoms with Gasteiger partial charge in [0.05, 0.1) is 12.6 Å². The quantitative estimate of drug-likeness (QED) is 0.886. The number of aliphatic hydroxyl groups excluding tert-OH is 1. The lowest BCUT2D eigenvalue weighted by atomic mass is 10.1. The summed E-state index contributed by atoms with van der Waals surface area (Å²) in [7, 11) is 0. The van der Waals surface area contributed by atoms with E-state index in [2.05, 4.69) is 5.32 Å². The topological polar surface area (TPSA) is 32.3 Å². The fourth-order valence-electron chi connectivity index (χ4n) is 1.86. The molecule has 0 aromatic heterocycles. The Morgan fingerprint density at radius 1 is 1.05 bits per heavy atom. The molecule has 0 aliphatic carbocycles. The molecule has 0 saturated heterocycles. The Bertz CT molecular complexity index is 534. The summed E-state index contributed by atoms with van der Waals surface area (Å²) in [6.45, 7) is 1.71. The summed E-state index contributed by atoms with van der Waals surface area (Å²) in [6, 6.07) is 10.2. The van der Waals surface area contributed by atoms with Crippen molar-refractivity contribution < 1.29 is 13.9 Å². The van der Waals surface area contributed by atoms with Gasteiger partial charge in [0.1, 0.15) is 11.6 Å². The Hall–Kier alpha value is -1.94. The molecule has 19 heavy (non-hydrogen) atoms. The number of hydrogen-bond acceptors (Lipinski definition) is 2. The van der Waals surface area contributed by atoms with Gasteiger partial charge in [0, 0.05) is 11.8 Å². The van der Waals surface area contributed by atoms with Gasteiger partial charge in [-0.15, -0.1) is 0 Å². The highest BCUT2D eigenvalue weighted by Gasteiger charge is 2.12. The van der Waals surface area contributed by atoms with Gasteiger partial charge < -0.3 is 10.4 Å². The molecule has 0 fully saturated rings. The molecule has 0 aliphatic heterocycles. The molecule has 2 rings (SSSR count). The van der Waals surface area contributed by atoms with E-state index >= 15 is 0 Å². The Labute approximate surface area is 110 Å². The zero-order valence-electron chi connectivity index (χ0n) is 10.5. The number of aliphatic hydroxyl groups is 1. The van der Waals surface area contributed by atoms with E-state index in [-0.39, 0.29) is 6.61 Å². The summed E-state index contributed by atoms with van der Waals surface area (Å²) in [4.78, 5) is 0. The second-order valence-electron chi connectivity index (χ2n) is 4.45. The third kappa shape index (κ3) is 3.51. The first-order valence-corrected chi connectivity index (χ1v) is 5.98. The first kappa shape index (κ1) is 13.5. The van der Waals surface area contributed by atoms with Crippen molar-refractivity contribution in [2.75, 3.05) is 11.9 Å². The highest BCUT2D eigenvalue weighted by molar-refractivity contribution is 5.46. The number of halogens is 2. The molecule has 0 saturated carbocycles. The largest absolute Gasteiger partial charge is 0.394 e. The lowest BCUT2D eigenvalue weighted by Crippen LogP contribution is -2.15. The van der Waals surface area contributed by atoms with Crippen molar-refractivity contribution in [3.63, 3.8) is 0 Å². The molecule has 4 heteroatoms. The van der Waals surface area contributed by atoms with E-state index in [1.54, 1.807) is 0 Å². The van der Waals surface area contributed by atoms with Crippen LogP contribution in [0.25, 0.3) is 0 Å². The molecule has 0 aliphatic rings. The van der Waals surface area contributed by atoms with Gasteiger partial charge in [-0.25, -0.2) is 8.78 Å². The average molecular weight is 263 g/mol. The van der Waals surface area contributed by atoms with E-state index in [9.17, 15) is 13.9 Å². The third-order valence-electron chi connectivity index (χ3n) is 2.86. The van der Waals surface area contributed by atoms with Crippen molar-refractivity contribution in [1.29, 1.82) is 0 Å². The summed E-state index contributed by atoms with van der Waals surface area (Å²) in [5.41, 5.74) is 2.28. The van der Waals surface area contributed by atoms with Crippen LogP contribution in [0.4, 0.5) is 14.5 Å². The fraction of sp³-hybridized carbons (Fsp3) is 0.200. The van der Waals surface area contributed by atoms with Gasteiger partial charge in [-0.2, -0.15) is 0 Å². The first-order valence-electron chi connectivity index (χ1n) is 5.98. The molecule has 100 valence electrons. The average Bonchev–Trinajstić information content (AvgIpc) is 2.37. The molecule has 0 amide bonds. The van der Waals surface area contributed by atoms with Gasteiger partial charge in [0.25, 0.3) is 0 Å². The molecule has 2 aromatic rings. The minimum atomic E-state index is -0.654. The number of nitrogens with one attached hydrogen (secondary N) is 1. The summed E-state index contributed by atoms with van der Waals surface area (Å²) in [5, 5.41) is 12.4. The van der Waals surface area contributed by atoms with Crippen molar-refractivity contribution in [3.8, 4) is 0 Å². The fourth-order valence-corrected chi connectivity index (χ4v) is 1.86. The van der Waals surface area contributed by atoms with Crippen LogP contribution in [-0.4, -0.2) is 11.7 Å². The number of anilines is 1. The lowest BCUT2D eigenvalue weighted by Gasteiger charge is -2.18.